The molecule has 1 aromatic carbocycles. The number of amides is 1. The van der Waals surface area contributed by atoms with Crippen LogP contribution in [0, 0.1) is 34.5 Å². The number of benzene rings is 1. The van der Waals surface area contributed by atoms with E-state index in [0.29, 0.717) is 22.8 Å². The number of piperidine rings is 1. The second-order valence-corrected chi connectivity index (χ2v) is 11.6. The molecule has 2 heteroatoms. The van der Waals surface area contributed by atoms with Gasteiger partial charge in [-0.15, -0.1) is 0 Å². The largest absolute Gasteiger partial charge is 0.342 e. The topological polar surface area (TPSA) is 20.3 Å². The number of fused-ring (bicyclic) bond motifs is 5. The Hall–Kier alpha value is -1.57. The molecule has 0 bridgehead atoms. The highest BCUT2D eigenvalue weighted by Crippen LogP contribution is 2.67. The monoisotopic (exact) mass is 419 g/mol. The minimum Gasteiger partial charge on any atom is -0.342 e. The van der Waals surface area contributed by atoms with Crippen LogP contribution in [0.2, 0.25) is 0 Å². The van der Waals surface area contributed by atoms with E-state index in [-0.39, 0.29) is 0 Å². The molecule has 168 valence electrons. The SMILES string of the molecule is CCC(=Cc1ccccc1)[C@H]1CC[C@H]2[C@@H]3CC[C@H]4N(C)C(=O)CC[C@]4(C)[C@H]3CC[C@]12C. The first kappa shape index (κ1) is 21.3. The molecule has 5 rings (SSSR count). The number of allylic oxidation sites excluding steroid dienone is 1. The number of hydrogen-bond acceptors (Lipinski definition) is 1. The van der Waals surface area contributed by atoms with Gasteiger partial charge >= 0.3 is 0 Å². The lowest BCUT2D eigenvalue weighted by Crippen LogP contribution is -2.61. The van der Waals surface area contributed by atoms with Gasteiger partial charge in [0.1, 0.15) is 0 Å². The molecule has 31 heavy (non-hydrogen) atoms. The van der Waals surface area contributed by atoms with Crippen molar-refractivity contribution in [3.8, 4) is 0 Å². The molecule has 0 spiro atoms. The number of carbonyl (C=O) groups excluding carboxylic acids is 1. The smallest absolute Gasteiger partial charge is 0.222 e. The summed E-state index contributed by atoms with van der Waals surface area (Å²) in [6.07, 6.45) is 13.6. The highest BCUT2D eigenvalue weighted by molar-refractivity contribution is 5.77. The first-order chi connectivity index (χ1) is 14.9. The van der Waals surface area contributed by atoms with Crippen LogP contribution in [0.1, 0.15) is 84.1 Å². The van der Waals surface area contributed by atoms with Crippen LogP contribution < -0.4 is 0 Å². The summed E-state index contributed by atoms with van der Waals surface area (Å²) in [5, 5.41) is 0. The zero-order valence-electron chi connectivity index (χ0n) is 20.1. The fourth-order valence-corrected chi connectivity index (χ4v) is 8.97. The molecule has 2 nitrogen and oxygen atoms in total. The van der Waals surface area contributed by atoms with Crippen LogP contribution in [-0.2, 0) is 4.79 Å². The Balaban J connectivity index is 1.42. The summed E-state index contributed by atoms with van der Waals surface area (Å²) in [5.74, 6) is 3.65. The van der Waals surface area contributed by atoms with Crippen molar-refractivity contribution in [1.29, 1.82) is 0 Å². The first-order valence-electron chi connectivity index (χ1n) is 12.9. The summed E-state index contributed by atoms with van der Waals surface area (Å²) < 4.78 is 0. The Morgan fingerprint density at radius 1 is 1.00 bits per heavy atom. The van der Waals surface area contributed by atoms with Crippen molar-refractivity contribution in [3.63, 3.8) is 0 Å². The summed E-state index contributed by atoms with van der Waals surface area (Å²) in [4.78, 5) is 14.5. The second-order valence-electron chi connectivity index (χ2n) is 11.6. The summed E-state index contributed by atoms with van der Waals surface area (Å²) >= 11 is 0. The average molecular weight is 420 g/mol. The molecule has 0 radical (unpaired) electrons. The van der Waals surface area contributed by atoms with Crippen LogP contribution in [0.5, 0.6) is 0 Å². The normalized spacial score (nSPS) is 42.7. The Morgan fingerprint density at radius 3 is 2.48 bits per heavy atom. The highest BCUT2D eigenvalue weighted by atomic mass is 16.2. The van der Waals surface area contributed by atoms with E-state index in [1.165, 1.54) is 50.5 Å². The van der Waals surface area contributed by atoms with E-state index in [1.54, 1.807) is 5.57 Å². The molecular formula is C29H41NO. The summed E-state index contributed by atoms with van der Waals surface area (Å²) in [6.45, 7) is 7.54. The maximum atomic E-state index is 12.4. The van der Waals surface area contributed by atoms with Gasteiger partial charge in [-0.25, -0.2) is 0 Å². The Bertz CT molecular complexity index is 859. The minimum absolute atomic E-state index is 0.332. The van der Waals surface area contributed by atoms with E-state index >= 15 is 0 Å². The molecule has 4 aliphatic rings. The molecule has 1 aliphatic heterocycles. The fraction of sp³-hybridized carbons (Fsp3) is 0.690. The predicted molar refractivity (Wildman–Crippen MR) is 128 cm³/mol. The lowest BCUT2D eigenvalue weighted by molar-refractivity contribution is -0.157. The quantitative estimate of drug-likeness (QED) is 0.518. The van der Waals surface area contributed by atoms with Gasteiger partial charge in [0, 0.05) is 19.5 Å². The van der Waals surface area contributed by atoms with Crippen LogP contribution in [0.15, 0.2) is 35.9 Å². The maximum Gasteiger partial charge on any atom is 0.222 e. The van der Waals surface area contributed by atoms with Gasteiger partial charge in [0.05, 0.1) is 0 Å². The Labute approximate surface area is 189 Å². The number of carbonyl (C=O) groups is 1. The number of likely N-dealkylation sites (tertiary alicyclic amines) is 1. The molecule has 1 saturated heterocycles. The molecule has 3 aliphatic carbocycles. The molecule has 3 saturated carbocycles. The van der Waals surface area contributed by atoms with E-state index < -0.39 is 0 Å². The lowest BCUT2D eigenvalue weighted by atomic mass is 9.46. The van der Waals surface area contributed by atoms with Gasteiger partial charge in [-0.2, -0.15) is 0 Å². The number of rotatable bonds is 3. The van der Waals surface area contributed by atoms with E-state index in [9.17, 15) is 4.79 Å². The number of hydrogen-bond donors (Lipinski definition) is 0. The van der Waals surface area contributed by atoms with Crippen molar-refractivity contribution in [2.24, 2.45) is 34.5 Å². The molecule has 1 heterocycles. The van der Waals surface area contributed by atoms with Crippen LogP contribution >= 0.6 is 0 Å². The third-order valence-corrected chi connectivity index (χ3v) is 10.6. The predicted octanol–water partition coefficient (Wildman–Crippen LogP) is 6.96. The molecule has 0 aromatic heterocycles. The Morgan fingerprint density at radius 2 is 1.74 bits per heavy atom. The van der Waals surface area contributed by atoms with E-state index in [4.69, 9.17) is 0 Å². The lowest BCUT2D eigenvalue weighted by Gasteiger charge is -2.62. The van der Waals surface area contributed by atoms with Crippen LogP contribution in [0.4, 0.5) is 0 Å². The van der Waals surface area contributed by atoms with Crippen LogP contribution in [0.3, 0.4) is 0 Å². The second kappa shape index (κ2) is 7.78. The van der Waals surface area contributed by atoms with Gasteiger partial charge < -0.3 is 4.90 Å². The first-order valence-corrected chi connectivity index (χ1v) is 12.9. The van der Waals surface area contributed by atoms with E-state index in [0.717, 1.165) is 36.5 Å². The summed E-state index contributed by atoms with van der Waals surface area (Å²) in [6, 6.07) is 11.4. The molecular weight excluding hydrogens is 378 g/mol. The highest BCUT2D eigenvalue weighted by Gasteiger charge is 2.61. The van der Waals surface area contributed by atoms with Gasteiger partial charge in [-0.05, 0) is 91.4 Å². The summed E-state index contributed by atoms with van der Waals surface area (Å²) in [7, 11) is 2.07. The van der Waals surface area contributed by atoms with E-state index in [1.807, 2.05) is 0 Å². The molecule has 7 atom stereocenters. The molecule has 0 unspecified atom stereocenters. The zero-order valence-corrected chi connectivity index (χ0v) is 20.1. The van der Waals surface area contributed by atoms with Gasteiger partial charge in [0.15, 0.2) is 0 Å². The van der Waals surface area contributed by atoms with Crippen LogP contribution in [0.25, 0.3) is 6.08 Å². The fourth-order valence-electron chi connectivity index (χ4n) is 8.97. The van der Waals surface area contributed by atoms with Crippen molar-refractivity contribution in [2.75, 3.05) is 7.05 Å². The third kappa shape index (κ3) is 3.23. The van der Waals surface area contributed by atoms with Gasteiger partial charge in [-0.3, -0.25) is 4.79 Å². The van der Waals surface area contributed by atoms with Crippen molar-refractivity contribution in [1.82, 2.24) is 4.90 Å². The minimum atomic E-state index is 0.332. The summed E-state index contributed by atoms with van der Waals surface area (Å²) in [5.41, 5.74) is 3.83. The average Bonchev–Trinajstić information content (AvgIpc) is 3.13. The Kier molecular flexibility index (Phi) is 5.34. The van der Waals surface area contributed by atoms with Crippen LogP contribution in [-0.4, -0.2) is 23.9 Å². The molecule has 4 fully saturated rings. The zero-order chi connectivity index (χ0) is 21.8. The van der Waals surface area contributed by atoms with Crippen molar-refractivity contribution < 1.29 is 4.79 Å². The van der Waals surface area contributed by atoms with Crippen molar-refractivity contribution >= 4 is 12.0 Å². The van der Waals surface area contributed by atoms with Gasteiger partial charge in [0.25, 0.3) is 0 Å². The standard InChI is InChI=1S/C29H41NO/c1-5-21(19-20-9-7-6-8-10-20)23-12-13-24-22-11-14-26-29(3,18-16-27(31)30(26)4)25(22)15-17-28(23,24)2/h6-10,19,22-26H,5,11-18H2,1-4H3/t22-,23+,24-,25-,26+,28+,29+/m0/s1. The van der Waals surface area contributed by atoms with E-state index in [2.05, 4.69) is 69.1 Å². The van der Waals surface area contributed by atoms with Gasteiger partial charge in [-0.1, -0.05) is 62.8 Å². The van der Waals surface area contributed by atoms with Crippen molar-refractivity contribution in [2.45, 2.75) is 84.6 Å². The third-order valence-electron chi connectivity index (χ3n) is 10.6. The molecule has 1 amide bonds. The molecule has 0 N–H and O–H groups in total. The van der Waals surface area contributed by atoms with Gasteiger partial charge in [0.2, 0.25) is 5.91 Å². The number of nitrogens with zero attached hydrogens (tertiary/aromatic N) is 1. The van der Waals surface area contributed by atoms with Crippen molar-refractivity contribution in [3.05, 3.63) is 41.5 Å². The maximum absolute atomic E-state index is 12.4. The molecule has 1 aromatic rings.